The maximum absolute atomic E-state index is 10.7. The van der Waals surface area contributed by atoms with Gasteiger partial charge in [-0.25, -0.2) is 10.5 Å². The first kappa shape index (κ1) is 17.4. The van der Waals surface area contributed by atoms with Gasteiger partial charge in [0.25, 0.3) is 5.69 Å². The lowest BCUT2D eigenvalue weighted by Gasteiger charge is -2.18. The van der Waals surface area contributed by atoms with E-state index >= 15 is 0 Å². The van der Waals surface area contributed by atoms with Crippen molar-refractivity contribution in [1.82, 2.24) is 9.78 Å². The lowest BCUT2D eigenvalue weighted by atomic mass is 10.1. The van der Waals surface area contributed by atoms with Crippen LogP contribution in [0.15, 0.2) is 54.7 Å². The summed E-state index contributed by atoms with van der Waals surface area (Å²) < 4.78 is 7.41. The van der Waals surface area contributed by atoms with Crippen molar-refractivity contribution in [2.75, 3.05) is 12.1 Å². The van der Waals surface area contributed by atoms with Crippen LogP contribution in [0.25, 0.3) is 5.69 Å². The summed E-state index contributed by atoms with van der Waals surface area (Å²) in [6.45, 7) is 2.34. The number of ether oxygens (including phenoxy) is 1. The number of hydrogen-bond acceptors (Lipinski definition) is 6. The summed E-state index contributed by atoms with van der Waals surface area (Å²) in [5.74, 6) is 6.33. The lowest BCUT2D eigenvalue weighted by Crippen LogP contribution is -2.26. The van der Waals surface area contributed by atoms with E-state index in [1.807, 2.05) is 25.1 Å². The Hall–Kier alpha value is -3.39. The molecule has 1 heterocycles. The number of benzene rings is 2. The summed E-state index contributed by atoms with van der Waals surface area (Å²) in [4.78, 5) is 10.3. The second-order valence-electron chi connectivity index (χ2n) is 5.84. The van der Waals surface area contributed by atoms with Crippen molar-refractivity contribution in [1.29, 1.82) is 0 Å². The molecule has 2 N–H and O–H groups in total. The van der Waals surface area contributed by atoms with Gasteiger partial charge in [-0.1, -0.05) is 12.1 Å². The van der Waals surface area contributed by atoms with Gasteiger partial charge in [0.15, 0.2) is 0 Å². The molecule has 0 aliphatic heterocycles. The Morgan fingerprint density at radius 3 is 2.62 bits per heavy atom. The van der Waals surface area contributed by atoms with Gasteiger partial charge >= 0.3 is 0 Å². The first-order valence-corrected chi connectivity index (χ1v) is 7.96. The highest BCUT2D eigenvalue weighted by Crippen LogP contribution is 2.23. The molecule has 2 aromatic carbocycles. The van der Waals surface area contributed by atoms with E-state index in [9.17, 15) is 10.1 Å². The molecule has 3 rings (SSSR count). The summed E-state index contributed by atoms with van der Waals surface area (Å²) in [6, 6.07) is 13.8. The van der Waals surface area contributed by atoms with Crippen molar-refractivity contribution >= 4 is 11.4 Å². The smallest absolute Gasteiger partial charge is 0.269 e. The van der Waals surface area contributed by atoms with E-state index < -0.39 is 4.92 Å². The van der Waals surface area contributed by atoms with Gasteiger partial charge < -0.3 is 9.75 Å². The normalized spacial score (nSPS) is 10.6. The van der Waals surface area contributed by atoms with E-state index in [0.29, 0.717) is 18.2 Å². The molecule has 0 spiro atoms. The zero-order valence-corrected chi connectivity index (χ0v) is 14.5. The predicted molar refractivity (Wildman–Crippen MR) is 98.3 cm³/mol. The molecule has 8 nitrogen and oxygen atoms in total. The summed E-state index contributed by atoms with van der Waals surface area (Å²) in [5, 5.41) is 16.6. The Morgan fingerprint density at radius 1 is 1.23 bits per heavy atom. The molecular formula is C18H19N5O3. The minimum Gasteiger partial charge on any atom is -0.472 e. The predicted octanol–water partition coefficient (Wildman–Crippen LogP) is 2.98. The van der Waals surface area contributed by atoms with Crippen molar-refractivity contribution in [3.8, 4) is 11.6 Å². The summed E-state index contributed by atoms with van der Waals surface area (Å²) >= 11 is 0. The summed E-state index contributed by atoms with van der Waals surface area (Å²) in [6.07, 6.45) is 1.74. The highest BCUT2D eigenvalue weighted by Gasteiger charge is 2.10. The van der Waals surface area contributed by atoms with Gasteiger partial charge in [-0.15, -0.1) is 5.10 Å². The highest BCUT2D eigenvalue weighted by atomic mass is 16.6. The minimum absolute atomic E-state index is 0.0374. The number of nitrogens with zero attached hydrogens (tertiary/aromatic N) is 4. The van der Waals surface area contributed by atoms with E-state index in [2.05, 4.69) is 5.10 Å². The Labute approximate surface area is 150 Å². The van der Waals surface area contributed by atoms with Gasteiger partial charge in [-0.05, 0) is 30.7 Å². The second kappa shape index (κ2) is 7.24. The molecule has 0 amide bonds. The standard InChI is InChI=1S/C18H19N5O3/c1-13-4-3-5-17(21(2)19)16(13)12-26-18-10-11-22(20-18)14-6-8-15(9-7-14)23(24)25/h3-11H,12,19H2,1-2H3. The Balaban J connectivity index is 1.75. The van der Waals surface area contributed by atoms with Gasteiger partial charge in [-0.3, -0.25) is 10.1 Å². The molecule has 1 aromatic heterocycles. The van der Waals surface area contributed by atoms with Crippen LogP contribution in [0.5, 0.6) is 5.88 Å². The van der Waals surface area contributed by atoms with Crippen LogP contribution < -0.4 is 15.6 Å². The number of aromatic nitrogens is 2. The van der Waals surface area contributed by atoms with Crippen LogP contribution in [0, 0.1) is 17.0 Å². The summed E-state index contributed by atoms with van der Waals surface area (Å²) in [5.41, 5.74) is 3.70. The molecule has 0 aliphatic rings. The topological polar surface area (TPSA) is 99.4 Å². The molecule has 0 atom stereocenters. The van der Waals surface area contributed by atoms with Crippen LogP contribution in [0.4, 0.5) is 11.4 Å². The third-order valence-corrected chi connectivity index (χ3v) is 4.02. The fourth-order valence-electron chi connectivity index (χ4n) is 2.61. The third-order valence-electron chi connectivity index (χ3n) is 4.02. The van der Waals surface area contributed by atoms with Gasteiger partial charge in [0.05, 0.1) is 16.3 Å². The molecule has 0 saturated carbocycles. The van der Waals surface area contributed by atoms with Crippen LogP contribution in [-0.2, 0) is 6.61 Å². The van der Waals surface area contributed by atoms with Gasteiger partial charge in [0.2, 0.25) is 5.88 Å². The van der Waals surface area contributed by atoms with Crippen LogP contribution in [0.3, 0.4) is 0 Å². The maximum atomic E-state index is 10.7. The average molecular weight is 353 g/mol. The number of aryl methyl sites for hydroxylation is 1. The first-order valence-electron chi connectivity index (χ1n) is 7.96. The van der Waals surface area contributed by atoms with Gasteiger partial charge in [0.1, 0.15) is 6.61 Å². The fraction of sp³-hybridized carbons (Fsp3) is 0.167. The maximum Gasteiger partial charge on any atom is 0.269 e. The van der Waals surface area contributed by atoms with Crippen molar-refractivity contribution in [3.63, 3.8) is 0 Å². The fourth-order valence-corrected chi connectivity index (χ4v) is 2.61. The van der Waals surface area contributed by atoms with Crippen LogP contribution >= 0.6 is 0 Å². The minimum atomic E-state index is -0.435. The molecule has 0 radical (unpaired) electrons. The molecule has 8 heteroatoms. The molecule has 0 aliphatic carbocycles. The number of hydrogen-bond donors (Lipinski definition) is 1. The van der Waals surface area contributed by atoms with Crippen molar-refractivity contribution in [2.24, 2.45) is 5.84 Å². The quantitative estimate of drug-likeness (QED) is 0.415. The Kier molecular flexibility index (Phi) is 4.85. The van der Waals surface area contributed by atoms with E-state index in [-0.39, 0.29) is 5.69 Å². The number of nitrogens with two attached hydrogens (primary N) is 1. The number of anilines is 1. The van der Waals surface area contributed by atoms with E-state index in [4.69, 9.17) is 10.6 Å². The zero-order valence-electron chi connectivity index (χ0n) is 14.5. The Morgan fingerprint density at radius 2 is 1.96 bits per heavy atom. The number of nitro groups is 1. The SMILES string of the molecule is Cc1cccc(N(C)N)c1COc1ccn(-c2ccc([N+](=O)[O-])cc2)n1. The molecule has 3 aromatic rings. The van der Waals surface area contributed by atoms with Crippen LogP contribution in [0.2, 0.25) is 0 Å². The van der Waals surface area contributed by atoms with Crippen molar-refractivity contribution in [2.45, 2.75) is 13.5 Å². The number of hydrazine groups is 1. The van der Waals surface area contributed by atoms with Gasteiger partial charge in [0, 0.05) is 37.0 Å². The highest BCUT2D eigenvalue weighted by molar-refractivity contribution is 5.55. The molecule has 0 fully saturated rings. The Bertz CT molecular complexity index is 919. The molecule has 26 heavy (non-hydrogen) atoms. The average Bonchev–Trinajstić information content (AvgIpc) is 3.09. The van der Waals surface area contributed by atoms with E-state index in [1.54, 1.807) is 41.1 Å². The van der Waals surface area contributed by atoms with Gasteiger partial charge in [-0.2, -0.15) is 0 Å². The second-order valence-corrected chi connectivity index (χ2v) is 5.84. The van der Waals surface area contributed by atoms with E-state index in [0.717, 1.165) is 16.8 Å². The monoisotopic (exact) mass is 353 g/mol. The third kappa shape index (κ3) is 3.65. The van der Waals surface area contributed by atoms with E-state index in [1.165, 1.54) is 12.1 Å². The van der Waals surface area contributed by atoms with Crippen molar-refractivity contribution < 1.29 is 9.66 Å². The first-order chi connectivity index (χ1) is 12.5. The lowest BCUT2D eigenvalue weighted by molar-refractivity contribution is -0.384. The zero-order chi connectivity index (χ0) is 18.7. The molecule has 134 valence electrons. The largest absolute Gasteiger partial charge is 0.472 e. The molecule has 0 bridgehead atoms. The van der Waals surface area contributed by atoms with Crippen molar-refractivity contribution in [3.05, 3.63) is 76.0 Å². The van der Waals surface area contributed by atoms with Crippen LogP contribution in [0.1, 0.15) is 11.1 Å². The number of rotatable bonds is 6. The molecule has 0 saturated heterocycles. The molecule has 0 unspecified atom stereocenters. The summed E-state index contributed by atoms with van der Waals surface area (Å²) in [7, 11) is 1.78. The number of nitro benzene ring substituents is 1. The number of non-ortho nitro benzene ring substituents is 1. The van der Waals surface area contributed by atoms with Crippen LogP contribution in [-0.4, -0.2) is 21.8 Å². The molecular weight excluding hydrogens is 334 g/mol.